The molecule has 3 aliphatic heterocycles. The Morgan fingerprint density at radius 1 is 1.23 bits per heavy atom. The van der Waals surface area contributed by atoms with Crippen molar-refractivity contribution in [3.63, 3.8) is 0 Å². The SMILES string of the molecule is Cn1ccc(CN2C3CC2CN(c2ncccn2)C3)cc1=O. The van der Waals surface area contributed by atoms with Gasteiger partial charge in [0, 0.05) is 63.4 Å². The van der Waals surface area contributed by atoms with Gasteiger partial charge < -0.3 is 9.47 Å². The second kappa shape index (κ2) is 5.21. The molecule has 5 heterocycles. The second-order valence-corrected chi connectivity index (χ2v) is 6.15. The van der Waals surface area contributed by atoms with Crippen LogP contribution in [-0.4, -0.2) is 44.6 Å². The number of hydrogen-bond acceptors (Lipinski definition) is 5. The zero-order valence-electron chi connectivity index (χ0n) is 12.6. The molecule has 0 saturated carbocycles. The van der Waals surface area contributed by atoms with Crippen molar-refractivity contribution in [3.05, 3.63) is 52.7 Å². The number of aromatic nitrogens is 3. The van der Waals surface area contributed by atoms with Gasteiger partial charge >= 0.3 is 0 Å². The van der Waals surface area contributed by atoms with E-state index in [1.165, 1.54) is 6.42 Å². The number of aryl methyl sites for hydroxylation is 1. The molecule has 22 heavy (non-hydrogen) atoms. The molecule has 114 valence electrons. The van der Waals surface area contributed by atoms with Crippen LogP contribution in [0, 0.1) is 0 Å². The Hall–Kier alpha value is -2.21. The Morgan fingerprint density at radius 2 is 1.95 bits per heavy atom. The lowest BCUT2D eigenvalue weighted by Gasteiger charge is -2.56. The highest BCUT2D eigenvalue weighted by Crippen LogP contribution is 2.34. The first-order chi connectivity index (χ1) is 10.7. The van der Waals surface area contributed by atoms with Crippen LogP contribution in [0.4, 0.5) is 5.95 Å². The molecule has 0 radical (unpaired) electrons. The molecule has 0 N–H and O–H groups in total. The number of fused-ring (bicyclic) bond motifs is 2. The summed E-state index contributed by atoms with van der Waals surface area (Å²) in [5, 5.41) is 0. The van der Waals surface area contributed by atoms with Crippen molar-refractivity contribution in [3.8, 4) is 0 Å². The van der Waals surface area contributed by atoms with Gasteiger partial charge in [-0.15, -0.1) is 0 Å². The lowest BCUT2D eigenvalue weighted by atomic mass is 9.87. The maximum absolute atomic E-state index is 11.7. The highest BCUT2D eigenvalue weighted by Gasteiger charge is 2.44. The Morgan fingerprint density at radius 3 is 2.64 bits per heavy atom. The number of hydrogen-bond donors (Lipinski definition) is 0. The van der Waals surface area contributed by atoms with Gasteiger partial charge in [0.2, 0.25) is 5.95 Å². The predicted molar refractivity (Wildman–Crippen MR) is 83.7 cm³/mol. The molecule has 3 aliphatic rings. The average Bonchev–Trinajstić information content (AvgIpc) is 2.56. The Balaban J connectivity index is 1.45. The van der Waals surface area contributed by atoms with Crippen molar-refractivity contribution in [2.24, 2.45) is 7.05 Å². The number of nitrogens with zero attached hydrogens (tertiary/aromatic N) is 5. The summed E-state index contributed by atoms with van der Waals surface area (Å²) in [4.78, 5) is 25.2. The molecule has 2 atom stereocenters. The molecule has 2 aromatic heterocycles. The molecule has 0 amide bonds. The molecule has 3 fully saturated rings. The van der Waals surface area contributed by atoms with Gasteiger partial charge in [-0.05, 0) is 24.1 Å². The molecule has 2 aromatic rings. The average molecular weight is 297 g/mol. The second-order valence-electron chi connectivity index (χ2n) is 6.15. The Kier molecular flexibility index (Phi) is 3.18. The van der Waals surface area contributed by atoms with E-state index in [-0.39, 0.29) is 5.56 Å². The van der Waals surface area contributed by atoms with Crippen LogP contribution in [-0.2, 0) is 13.6 Å². The fraction of sp³-hybridized carbons (Fsp3) is 0.438. The summed E-state index contributed by atoms with van der Waals surface area (Å²) in [6.45, 7) is 2.78. The zero-order valence-corrected chi connectivity index (χ0v) is 12.6. The highest BCUT2D eigenvalue weighted by atomic mass is 16.1. The van der Waals surface area contributed by atoms with Gasteiger partial charge in [-0.25, -0.2) is 9.97 Å². The fourth-order valence-corrected chi connectivity index (χ4v) is 3.46. The summed E-state index contributed by atoms with van der Waals surface area (Å²) < 4.78 is 1.61. The topological polar surface area (TPSA) is 54.3 Å². The van der Waals surface area contributed by atoms with Crippen LogP contribution in [0.5, 0.6) is 0 Å². The molecule has 0 spiro atoms. The first-order valence-electron chi connectivity index (χ1n) is 7.64. The van der Waals surface area contributed by atoms with E-state index in [2.05, 4.69) is 19.8 Å². The number of pyridine rings is 1. The quantitative estimate of drug-likeness (QED) is 0.832. The number of rotatable bonds is 3. The maximum Gasteiger partial charge on any atom is 0.250 e. The number of piperazine rings is 1. The van der Waals surface area contributed by atoms with Crippen molar-refractivity contribution < 1.29 is 0 Å². The summed E-state index contributed by atoms with van der Waals surface area (Å²) in [7, 11) is 1.78. The fourth-order valence-electron chi connectivity index (χ4n) is 3.46. The molecule has 2 unspecified atom stereocenters. The molecular formula is C16H19N5O. The summed E-state index contributed by atoms with van der Waals surface area (Å²) in [5.74, 6) is 0.824. The van der Waals surface area contributed by atoms with Gasteiger partial charge in [-0.1, -0.05) is 0 Å². The zero-order chi connectivity index (χ0) is 15.1. The van der Waals surface area contributed by atoms with Gasteiger partial charge in [-0.2, -0.15) is 0 Å². The van der Waals surface area contributed by atoms with Gasteiger partial charge in [0.25, 0.3) is 5.56 Å². The van der Waals surface area contributed by atoms with E-state index in [1.807, 2.05) is 18.3 Å². The summed E-state index contributed by atoms with van der Waals surface area (Å²) in [6, 6.07) is 6.69. The first kappa shape index (κ1) is 13.5. The highest BCUT2D eigenvalue weighted by molar-refractivity contribution is 5.33. The van der Waals surface area contributed by atoms with Crippen LogP contribution >= 0.6 is 0 Å². The van der Waals surface area contributed by atoms with E-state index in [4.69, 9.17) is 0 Å². The largest absolute Gasteiger partial charge is 0.338 e. The lowest BCUT2D eigenvalue weighted by Crippen LogP contribution is -2.68. The van der Waals surface area contributed by atoms with Gasteiger partial charge in [-0.3, -0.25) is 9.69 Å². The summed E-state index contributed by atoms with van der Waals surface area (Å²) in [5.41, 5.74) is 1.16. The van der Waals surface area contributed by atoms with Crippen molar-refractivity contribution in [2.45, 2.75) is 25.0 Å². The van der Waals surface area contributed by atoms with Crippen LogP contribution in [0.3, 0.4) is 0 Å². The third-order valence-electron chi connectivity index (χ3n) is 4.71. The third-order valence-corrected chi connectivity index (χ3v) is 4.71. The molecule has 0 aromatic carbocycles. The molecule has 6 nitrogen and oxygen atoms in total. The number of anilines is 1. The molecule has 6 heteroatoms. The summed E-state index contributed by atoms with van der Waals surface area (Å²) >= 11 is 0. The standard InChI is InChI=1S/C16H19N5O/c1-19-6-3-12(7-15(19)22)9-21-13-8-14(21)11-20(10-13)16-17-4-2-5-18-16/h2-7,13-14H,8-11H2,1H3. The van der Waals surface area contributed by atoms with Crippen molar-refractivity contribution in [2.75, 3.05) is 18.0 Å². The molecular weight excluding hydrogens is 278 g/mol. The Labute approximate surface area is 129 Å². The van der Waals surface area contributed by atoms with Gasteiger partial charge in [0.15, 0.2) is 0 Å². The predicted octanol–water partition coefficient (Wildman–Crippen LogP) is 0.638. The Bertz CT molecular complexity index is 717. The lowest BCUT2D eigenvalue weighted by molar-refractivity contribution is -0.00901. The van der Waals surface area contributed by atoms with Crippen LogP contribution in [0.1, 0.15) is 12.0 Å². The van der Waals surface area contributed by atoms with Gasteiger partial charge in [0.05, 0.1) is 0 Å². The first-order valence-corrected chi connectivity index (χ1v) is 7.64. The minimum atomic E-state index is 0.0579. The van der Waals surface area contributed by atoms with Crippen LogP contribution in [0.25, 0.3) is 0 Å². The van der Waals surface area contributed by atoms with Gasteiger partial charge in [0.1, 0.15) is 0 Å². The smallest absolute Gasteiger partial charge is 0.250 e. The van der Waals surface area contributed by atoms with E-state index in [1.54, 1.807) is 30.1 Å². The van der Waals surface area contributed by atoms with E-state index in [0.717, 1.165) is 31.1 Å². The van der Waals surface area contributed by atoms with E-state index < -0.39 is 0 Å². The minimum Gasteiger partial charge on any atom is -0.338 e. The van der Waals surface area contributed by atoms with Crippen LogP contribution in [0.2, 0.25) is 0 Å². The monoisotopic (exact) mass is 297 g/mol. The van der Waals surface area contributed by atoms with Crippen LogP contribution in [0.15, 0.2) is 41.6 Å². The molecule has 3 saturated heterocycles. The van der Waals surface area contributed by atoms with E-state index in [9.17, 15) is 4.79 Å². The normalized spacial score (nSPS) is 24.1. The van der Waals surface area contributed by atoms with Crippen molar-refractivity contribution in [1.29, 1.82) is 0 Å². The van der Waals surface area contributed by atoms with E-state index >= 15 is 0 Å². The van der Waals surface area contributed by atoms with E-state index in [0.29, 0.717) is 12.1 Å². The minimum absolute atomic E-state index is 0.0579. The van der Waals surface area contributed by atoms with Crippen LogP contribution < -0.4 is 10.5 Å². The maximum atomic E-state index is 11.7. The molecule has 5 rings (SSSR count). The van der Waals surface area contributed by atoms with Crippen molar-refractivity contribution in [1.82, 2.24) is 19.4 Å². The summed E-state index contributed by atoms with van der Waals surface area (Å²) in [6.07, 6.45) is 6.66. The molecule has 2 bridgehead atoms. The third kappa shape index (κ3) is 2.29. The number of piperidine rings is 1. The van der Waals surface area contributed by atoms with Crippen molar-refractivity contribution >= 4 is 5.95 Å². The molecule has 0 aliphatic carbocycles.